The third-order valence-corrected chi connectivity index (χ3v) is 4.65. The number of aromatic nitrogens is 2. The molecule has 0 radical (unpaired) electrons. The number of amides is 1. The minimum absolute atomic E-state index is 0.0411. The maximum Gasteiger partial charge on any atom is 0.251 e. The van der Waals surface area contributed by atoms with Gasteiger partial charge in [0.1, 0.15) is 0 Å². The standard InChI is InChI=1S/C18H25N5O/c1-19-18(24)15-6-4-5-14(11-15)17-13-23(10-9-21(17)2)12-16-7-8-22(3)20-16/h4-8,11,17H,9-10,12-13H2,1-3H3,(H,19,24)/t17-/m0/s1. The fraction of sp³-hybridized carbons (Fsp3) is 0.444. The van der Waals surface area contributed by atoms with Crippen LogP contribution in [0.4, 0.5) is 0 Å². The molecule has 0 saturated carbocycles. The summed E-state index contributed by atoms with van der Waals surface area (Å²) in [5.41, 5.74) is 2.99. The Labute approximate surface area is 143 Å². The van der Waals surface area contributed by atoms with Gasteiger partial charge in [0.2, 0.25) is 0 Å². The number of carbonyl (C=O) groups excluding carboxylic acids is 1. The molecule has 2 heterocycles. The zero-order valence-electron chi connectivity index (χ0n) is 14.6. The SMILES string of the molecule is CNC(=O)c1cccc([C@@H]2CN(Cc3ccn(C)n3)CCN2C)c1. The second kappa shape index (κ2) is 7.15. The summed E-state index contributed by atoms with van der Waals surface area (Å²) in [5.74, 6) is -0.0411. The maximum absolute atomic E-state index is 11.9. The van der Waals surface area contributed by atoms with Crippen LogP contribution in [-0.4, -0.2) is 59.2 Å². The molecule has 1 aromatic heterocycles. The highest BCUT2D eigenvalue weighted by Crippen LogP contribution is 2.25. The van der Waals surface area contributed by atoms with Crippen LogP contribution in [0.25, 0.3) is 0 Å². The summed E-state index contributed by atoms with van der Waals surface area (Å²) < 4.78 is 1.84. The zero-order chi connectivity index (χ0) is 17.1. The summed E-state index contributed by atoms with van der Waals surface area (Å²) in [5, 5.41) is 7.17. The van der Waals surface area contributed by atoms with Gasteiger partial charge < -0.3 is 5.32 Å². The molecular formula is C18H25N5O. The van der Waals surface area contributed by atoms with E-state index in [1.165, 1.54) is 5.56 Å². The van der Waals surface area contributed by atoms with E-state index in [0.29, 0.717) is 5.56 Å². The van der Waals surface area contributed by atoms with Crippen molar-refractivity contribution < 1.29 is 4.79 Å². The Morgan fingerprint density at radius 1 is 1.29 bits per heavy atom. The molecule has 1 saturated heterocycles. The first-order valence-corrected chi connectivity index (χ1v) is 8.30. The molecule has 1 N–H and O–H groups in total. The number of carbonyl (C=O) groups is 1. The van der Waals surface area contributed by atoms with Gasteiger partial charge in [0.25, 0.3) is 5.91 Å². The number of rotatable bonds is 4. The van der Waals surface area contributed by atoms with E-state index in [4.69, 9.17) is 0 Å². The van der Waals surface area contributed by atoms with Gasteiger partial charge in [-0.3, -0.25) is 19.3 Å². The van der Waals surface area contributed by atoms with Crippen molar-refractivity contribution in [3.8, 4) is 0 Å². The van der Waals surface area contributed by atoms with Crippen molar-refractivity contribution in [2.24, 2.45) is 7.05 Å². The molecule has 1 aliphatic heterocycles. The van der Waals surface area contributed by atoms with E-state index in [9.17, 15) is 4.79 Å². The van der Waals surface area contributed by atoms with Gasteiger partial charge >= 0.3 is 0 Å². The van der Waals surface area contributed by atoms with Crippen LogP contribution in [-0.2, 0) is 13.6 Å². The molecule has 24 heavy (non-hydrogen) atoms. The Balaban J connectivity index is 1.75. The van der Waals surface area contributed by atoms with Crippen molar-refractivity contribution in [3.05, 3.63) is 53.3 Å². The minimum Gasteiger partial charge on any atom is -0.355 e. The van der Waals surface area contributed by atoms with Gasteiger partial charge in [-0.2, -0.15) is 5.10 Å². The molecule has 2 aromatic rings. The van der Waals surface area contributed by atoms with Crippen LogP contribution in [0.3, 0.4) is 0 Å². The summed E-state index contributed by atoms with van der Waals surface area (Å²) in [7, 11) is 5.76. The second-order valence-corrected chi connectivity index (χ2v) is 6.42. The van der Waals surface area contributed by atoms with Crippen LogP contribution in [0, 0.1) is 0 Å². The summed E-state index contributed by atoms with van der Waals surface area (Å²) in [6.07, 6.45) is 1.98. The van der Waals surface area contributed by atoms with E-state index in [1.54, 1.807) is 7.05 Å². The predicted octanol–water partition coefficient (Wildman–Crippen LogP) is 1.27. The highest BCUT2D eigenvalue weighted by molar-refractivity contribution is 5.94. The Morgan fingerprint density at radius 3 is 2.83 bits per heavy atom. The zero-order valence-corrected chi connectivity index (χ0v) is 14.6. The van der Waals surface area contributed by atoms with Crippen molar-refractivity contribution >= 4 is 5.91 Å². The molecule has 1 aliphatic rings. The lowest BCUT2D eigenvalue weighted by atomic mass is 10.00. The molecule has 1 aromatic carbocycles. The molecular weight excluding hydrogens is 302 g/mol. The number of hydrogen-bond acceptors (Lipinski definition) is 4. The normalized spacial score (nSPS) is 19.4. The molecule has 128 valence electrons. The molecule has 0 unspecified atom stereocenters. The molecule has 0 aliphatic carbocycles. The summed E-state index contributed by atoms with van der Waals surface area (Å²) in [6.45, 7) is 3.82. The third kappa shape index (κ3) is 3.66. The van der Waals surface area contributed by atoms with Crippen molar-refractivity contribution in [2.45, 2.75) is 12.6 Å². The maximum atomic E-state index is 11.9. The molecule has 0 spiro atoms. The molecule has 1 fully saturated rings. The first kappa shape index (κ1) is 16.7. The minimum atomic E-state index is -0.0411. The third-order valence-electron chi connectivity index (χ3n) is 4.65. The number of piperazine rings is 1. The molecule has 3 rings (SSSR count). The second-order valence-electron chi connectivity index (χ2n) is 6.42. The van der Waals surface area contributed by atoms with Gasteiger partial charge in [0.05, 0.1) is 5.69 Å². The van der Waals surface area contributed by atoms with E-state index in [1.807, 2.05) is 36.1 Å². The summed E-state index contributed by atoms with van der Waals surface area (Å²) in [6, 6.07) is 10.3. The van der Waals surface area contributed by atoms with Gasteiger partial charge in [-0.15, -0.1) is 0 Å². The van der Waals surface area contributed by atoms with E-state index in [0.717, 1.165) is 31.9 Å². The summed E-state index contributed by atoms with van der Waals surface area (Å²) >= 11 is 0. The lowest BCUT2D eigenvalue weighted by Gasteiger charge is -2.39. The predicted molar refractivity (Wildman–Crippen MR) is 93.7 cm³/mol. The fourth-order valence-corrected chi connectivity index (χ4v) is 3.24. The van der Waals surface area contributed by atoms with Crippen molar-refractivity contribution in [3.63, 3.8) is 0 Å². The monoisotopic (exact) mass is 327 g/mol. The van der Waals surface area contributed by atoms with Gasteiger partial charge in [0.15, 0.2) is 0 Å². The van der Waals surface area contributed by atoms with Crippen LogP contribution in [0.15, 0.2) is 36.5 Å². The topological polar surface area (TPSA) is 53.4 Å². The van der Waals surface area contributed by atoms with Gasteiger partial charge in [-0.05, 0) is 30.8 Å². The summed E-state index contributed by atoms with van der Waals surface area (Å²) in [4.78, 5) is 16.7. The van der Waals surface area contributed by atoms with Crippen molar-refractivity contribution in [1.82, 2.24) is 24.9 Å². The van der Waals surface area contributed by atoms with Crippen LogP contribution in [0.1, 0.15) is 27.7 Å². The average molecular weight is 327 g/mol. The molecule has 1 amide bonds. The van der Waals surface area contributed by atoms with Crippen LogP contribution in [0.2, 0.25) is 0 Å². The highest BCUT2D eigenvalue weighted by Gasteiger charge is 2.26. The van der Waals surface area contributed by atoms with Gasteiger partial charge in [0, 0.05) is 58.1 Å². The highest BCUT2D eigenvalue weighted by atomic mass is 16.1. The van der Waals surface area contributed by atoms with Crippen molar-refractivity contribution in [1.29, 1.82) is 0 Å². The first-order valence-electron chi connectivity index (χ1n) is 8.30. The average Bonchev–Trinajstić information content (AvgIpc) is 3.01. The van der Waals surface area contributed by atoms with E-state index in [-0.39, 0.29) is 11.9 Å². The Hall–Kier alpha value is -2.18. The van der Waals surface area contributed by atoms with E-state index < -0.39 is 0 Å². The number of nitrogens with one attached hydrogen (secondary N) is 1. The molecule has 6 heteroatoms. The molecule has 0 bridgehead atoms. The number of nitrogens with zero attached hydrogens (tertiary/aromatic N) is 4. The number of hydrogen-bond donors (Lipinski definition) is 1. The largest absolute Gasteiger partial charge is 0.355 e. The fourth-order valence-electron chi connectivity index (χ4n) is 3.24. The number of benzene rings is 1. The van der Waals surface area contributed by atoms with Crippen molar-refractivity contribution in [2.75, 3.05) is 33.7 Å². The number of aryl methyl sites for hydroxylation is 1. The Bertz CT molecular complexity index is 711. The van der Waals surface area contributed by atoms with Gasteiger partial charge in [-0.1, -0.05) is 12.1 Å². The number of likely N-dealkylation sites (N-methyl/N-ethyl adjacent to an activating group) is 1. The quantitative estimate of drug-likeness (QED) is 0.919. The van der Waals surface area contributed by atoms with E-state index >= 15 is 0 Å². The molecule has 6 nitrogen and oxygen atoms in total. The first-order chi connectivity index (χ1) is 11.6. The smallest absolute Gasteiger partial charge is 0.251 e. The Morgan fingerprint density at radius 2 is 2.12 bits per heavy atom. The molecule has 1 atom stereocenters. The van der Waals surface area contributed by atoms with Crippen LogP contribution >= 0.6 is 0 Å². The lowest BCUT2D eigenvalue weighted by Crippen LogP contribution is -2.46. The van der Waals surface area contributed by atoms with E-state index in [2.05, 4.69) is 39.4 Å². The van der Waals surface area contributed by atoms with Gasteiger partial charge in [-0.25, -0.2) is 0 Å². The Kier molecular flexibility index (Phi) is 4.97. The lowest BCUT2D eigenvalue weighted by molar-refractivity contribution is 0.0891. The van der Waals surface area contributed by atoms with Crippen LogP contribution < -0.4 is 5.32 Å². The van der Waals surface area contributed by atoms with Crippen LogP contribution in [0.5, 0.6) is 0 Å².